The lowest BCUT2D eigenvalue weighted by Crippen LogP contribution is -2.37. The van der Waals surface area contributed by atoms with Crippen LogP contribution in [0.5, 0.6) is 0 Å². The SMILES string of the molecule is Cc1cc(F)cc(S(=O)(=O)N[C@@H](C)CS(C)(=O)=O)c1. The molecule has 8 heteroatoms. The molecule has 1 aromatic rings. The average molecular weight is 309 g/mol. The van der Waals surface area contributed by atoms with Crippen molar-refractivity contribution in [3.05, 3.63) is 29.6 Å². The molecule has 0 saturated heterocycles. The Morgan fingerprint density at radius 3 is 2.26 bits per heavy atom. The van der Waals surface area contributed by atoms with Gasteiger partial charge in [0.25, 0.3) is 0 Å². The van der Waals surface area contributed by atoms with Gasteiger partial charge >= 0.3 is 0 Å². The van der Waals surface area contributed by atoms with E-state index < -0.39 is 31.7 Å². The van der Waals surface area contributed by atoms with Gasteiger partial charge in [-0.05, 0) is 37.6 Å². The second-order valence-corrected chi connectivity index (χ2v) is 8.48. The molecule has 0 unspecified atom stereocenters. The monoisotopic (exact) mass is 309 g/mol. The minimum absolute atomic E-state index is 0.217. The highest BCUT2D eigenvalue weighted by atomic mass is 32.2. The lowest BCUT2D eigenvalue weighted by Gasteiger charge is -2.13. The molecule has 1 N–H and O–H groups in total. The summed E-state index contributed by atoms with van der Waals surface area (Å²) in [6.07, 6.45) is 1.02. The van der Waals surface area contributed by atoms with E-state index in [1.54, 1.807) is 6.92 Å². The van der Waals surface area contributed by atoms with Crippen LogP contribution in [0.25, 0.3) is 0 Å². The van der Waals surface area contributed by atoms with Gasteiger partial charge in [0.05, 0.1) is 10.6 Å². The van der Waals surface area contributed by atoms with Crippen LogP contribution in [0.3, 0.4) is 0 Å². The van der Waals surface area contributed by atoms with Crippen LogP contribution in [0.2, 0.25) is 0 Å². The fourth-order valence-corrected chi connectivity index (χ4v) is 4.13. The Labute approximate surface area is 112 Å². The third-order valence-corrected chi connectivity index (χ3v) is 4.91. The molecular formula is C11H16FNO4S2. The molecule has 0 spiro atoms. The summed E-state index contributed by atoms with van der Waals surface area (Å²) >= 11 is 0. The quantitative estimate of drug-likeness (QED) is 0.874. The van der Waals surface area contributed by atoms with E-state index in [1.807, 2.05) is 0 Å². The predicted molar refractivity (Wildman–Crippen MR) is 70.6 cm³/mol. The zero-order valence-corrected chi connectivity index (χ0v) is 12.5. The number of halogens is 1. The molecule has 1 aromatic carbocycles. The van der Waals surface area contributed by atoms with Crippen molar-refractivity contribution >= 4 is 19.9 Å². The van der Waals surface area contributed by atoms with Crippen LogP contribution in [-0.2, 0) is 19.9 Å². The van der Waals surface area contributed by atoms with Crippen LogP contribution in [-0.4, -0.2) is 34.9 Å². The van der Waals surface area contributed by atoms with Gasteiger partial charge in [-0.15, -0.1) is 0 Å². The molecule has 0 fully saturated rings. The minimum Gasteiger partial charge on any atom is -0.229 e. The molecule has 0 amide bonds. The van der Waals surface area contributed by atoms with E-state index in [0.29, 0.717) is 5.56 Å². The van der Waals surface area contributed by atoms with Gasteiger partial charge in [0.2, 0.25) is 10.0 Å². The molecule has 0 aliphatic heterocycles. The Balaban J connectivity index is 2.99. The smallest absolute Gasteiger partial charge is 0.229 e. The second-order valence-electron chi connectivity index (χ2n) is 4.58. The Kier molecular flexibility index (Phi) is 4.70. The van der Waals surface area contributed by atoms with E-state index in [-0.39, 0.29) is 10.6 Å². The summed E-state index contributed by atoms with van der Waals surface area (Å²) in [6, 6.07) is 2.63. The first-order valence-electron chi connectivity index (χ1n) is 5.47. The normalized spacial score (nSPS) is 14.3. The van der Waals surface area contributed by atoms with Crippen molar-refractivity contribution in [1.29, 1.82) is 0 Å². The first-order chi connectivity index (χ1) is 8.49. The summed E-state index contributed by atoms with van der Waals surface area (Å²) in [6.45, 7) is 3.01. The standard InChI is InChI=1S/C11H16FNO4S2/c1-8-4-10(12)6-11(5-8)19(16,17)13-9(2)7-18(3,14)15/h4-6,9,13H,7H2,1-3H3/t9-/m0/s1. The van der Waals surface area contributed by atoms with Gasteiger partial charge in [-0.25, -0.2) is 25.9 Å². The topological polar surface area (TPSA) is 80.3 Å². The highest BCUT2D eigenvalue weighted by Crippen LogP contribution is 2.14. The van der Waals surface area contributed by atoms with Crippen molar-refractivity contribution in [2.45, 2.75) is 24.8 Å². The molecule has 108 valence electrons. The fourth-order valence-electron chi connectivity index (χ4n) is 1.68. The number of sulfonamides is 1. The highest BCUT2D eigenvalue weighted by Gasteiger charge is 2.20. The largest absolute Gasteiger partial charge is 0.240 e. The Morgan fingerprint density at radius 2 is 1.79 bits per heavy atom. The van der Waals surface area contributed by atoms with Crippen LogP contribution in [0.1, 0.15) is 12.5 Å². The first kappa shape index (κ1) is 16.1. The summed E-state index contributed by atoms with van der Waals surface area (Å²) in [5.74, 6) is -0.975. The zero-order chi connectivity index (χ0) is 14.8. The number of benzene rings is 1. The summed E-state index contributed by atoms with van der Waals surface area (Å²) in [7, 11) is -7.23. The lowest BCUT2D eigenvalue weighted by molar-refractivity contribution is 0.561. The molecule has 1 atom stereocenters. The van der Waals surface area contributed by atoms with Crippen LogP contribution in [0.15, 0.2) is 23.1 Å². The third-order valence-electron chi connectivity index (χ3n) is 2.24. The predicted octanol–water partition coefficient (Wildman–Crippen LogP) is 0.846. The van der Waals surface area contributed by atoms with Gasteiger partial charge in [-0.1, -0.05) is 0 Å². The summed E-state index contributed by atoms with van der Waals surface area (Å²) in [4.78, 5) is -0.217. The van der Waals surface area contributed by atoms with Gasteiger partial charge in [0.1, 0.15) is 15.7 Å². The van der Waals surface area contributed by atoms with Crippen molar-refractivity contribution in [3.8, 4) is 0 Å². The first-order valence-corrected chi connectivity index (χ1v) is 9.01. The number of hydrogen-bond donors (Lipinski definition) is 1. The molecule has 0 aromatic heterocycles. The van der Waals surface area contributed by atoms with Gasteiger partial charge in [-0.2, -0.15) is 0 Å². The molecular weight excluding hydrogens is 293 g/mol. The van der Waals surface area contributed by atoms with E-state index >= 15 is 0 Å². The average Bonchev–Trinajstić information content (AvgIpc) is 2.11. The highest BCUT2D eigenvalue weighted by molar-refractivity contribution is 7.91. The number of nitrogens with one attached hydrogen (secondary N) is 1. The number of hydrogen-bond acceptors (Lipinski definition) is 4. The van der Waals surface area contributed by atoms with E-state index in [0.717, 1.165) is 12.3 Å². The molecule has 0 bridgehead atoms. The Bertz CT molecular complexity index is 648. The lowest BCUT2D eigenvalue weighted by atomic mass is 10.2. The van der Waals surface area contributed by atoms with Crippen LogP contribution < -0.4 is 4.72 Å². The summed E-state index contributed by atoms with van der Waals surface area (Å²) in [5.41, 5.74) is 0.469. The molecule has 0 heterocycles. The van der Waals surface area contributed by atoms with Crippen molar-refractivity contribution in [2.75, 3.05) is 12.0 Å². The number of aryl methyl sites for hydroxylation is 1. The number of sulfone groups is 1. The third kappa shape index (κ3) is 5.25. The fraction of sp³-hybridized carbons (Fsp3) is 0.455. The van der Waals surface area contributed by atoms with Gasteiger partial charge in [0, 0.05) is 12.3 Å². The van der Waals surface area contributed by atoms with E-state index in [9.17, 15) is 21.2 Å². The Morgan fingerprint density at radius 1 is 1.21 bits per heavy atom. The van der Waals surface area contributed by atoms with Crippen molar-refractivity contribution in [1.82, 2.24) is 4.72 Å². The molecule has 0 saturated carbocycles. The maximum atomic E-state index is 13.2. The van der Waals surface area contributed by atoms with Crippen molar-refractivity contribution < 1.29 is 21.2 Å². The molecule has 0 aliphatic carbocycles. The van der Waals surface area contributed by atoms with Gasteiger partial charge < -0.3 is 0 Å². The van der Waals surface area contributed by atoms with E-state index in [1.165, 1.54) is 19.1 Å². The number of rotatable bonds is 5. The van der Waals surface area contributed by atoms with Crippen LogP contribution >= 0.6 is 0 Å². The summed E-state index contributed by atoms with van der Waals surface area (Å²) in [5, 5.41) is 0. The molecule has 0 radical (unpaired) electrons. The maximum absolute atomic E-state index is 13.2. The van der Waals surface area contributed by atoms with E-state index in [4.69, 9.17) is 0 Å². The maximum Gasteiger partial charge on any atom is 0.240 e. The zero-order valence-electron chi connectivity index (χ0n) is 10.8. The van der Waals surface area contributed by atoms with Crippen LogP contribution in [0.4, 0.5) is 4.39 Å². The molecule has 5 nitrogen and oxygen atoms in total. The van der Waals surface area contributed by atoms with E-state index in [2.05, 4.69) is 4.72 Å². The summed E-state index contributed by atoms with van der Waals surface area (Å²) < 4.78 is 61.5. The second kappa shape index (κ2) is 5.56. The molecule has 19 heavy (non-hydrogen) atoms. The van der Waals surface area contributed by atoms with Gasteiger partial charge in [-0.3, -0.25) is 0 Å². The molecule has 0 aliphatic rings. The van der Waals surface area contributed by atoms with Crippen molar-refractivity contribution in [3.63, 3.8) is 0 Å². The van der Waals surface area contributed by atoms with Crippen molar-refractivity contribution in [2.24, 2.45) is 0 Å². The van der Waals surface area contributed by atoms with Crippen LogP contribution in [0, 0.1) is 12.7 Å². The van der Waals surface area contributed by atoms with Gasteiger partial charge in [0.15, 0.2) is 0 Å². The minimum atomic E-state index is -3.93. The molecule has 1 rings (SSSR count). The Hall–Kier alpha value is -0.990.